The van der Waals surface area contributed by atoms with Crippen molar-refractivity contribution in [3.05, 3.63) is 29.6 Å². The predicted molar refractivity (Wildman–Crippen MR) is 78.5 cm³/mol. The third-order valence-electron chi connectivity index (χ3n) is 4.43. The molecule has 1 saturated heterocycles. The second-order valence-electron chi connectivity index (χ2n) is 6.03. The largest absolute Gasteiger partial charge is 0.296 e. The third kappa shape index (κ3) is 2.96. The minimum Gasteiger partial charge on any atom is -0.296 e. The van der Waals surface area contributed by atoms with Gasteiger partial charge in [0.2, 0.25) is 0 Å². The second-order valence-corrected chi connectivity index (χ2v) is 6.03. The van der Waals surface area contributed by atoms with Gasteiger partial charge < -0.3 is 0 Å². The van der Waals surface area contributed by atoms with Crippen LogP contribution in [0.15, 0.2) is 18.5 Å². The van der Waals surface area contributed by atoms with Gasteiger partial charge >= 0.3 is 0 Å². The zero-order chi connectivity index (χ0) is 13.9. The molecule has 0 radical (unpaired) electrons. The molecule has 1 aromatic rings. The number of hydrazine groups is 1. The van der Waals surface area contributed by atoms with Crippen LogP contribution in [0.25, 0.3) is 0 Å². The van der Waals surface area contributed by atoms with Gasteiger partial charge in [-0.3, -0.25) is 21.2 Å². The van der Waals surface area contributed by atoms with Gasteiger partial charge in [-0.2, -0.15) is 0 Å². The summed E-state index contributed by atoms with van der Waals surface area (Å²) in [5.41, 5.74) is 5.44. The Morgan fingerprint density at radius 2 is 2.00 bits per heavy atom. The minimum atomic E-state index is -0.0109. The number of nitrogens with zero attached hydrogens (tertiary/aromatic N) is 2. The van der Waals surface area contributed by atoms with Gasteiger partial charge in [-0.05, 0) is 63.9 Å². The SMILES string of the molecule is Cc1ccncc1C(NN)C(C)(C)N1CCCCC1. The fourth-order valence-electron chi connectivity index (χ4n) is 3.11. The second kappa shape index (κ2) is 5.99. The van der Waals surface area contributed by atoms with E-state index in [0.717, 1.165) is 13.1 Å². The molecule has 19 heavy (non-hydrogen) atoms. The summed E-state index contributed by atoms with van der Waals surface area (Å²) in [4.78, 5) is 6.81. The summed E-state index contributed by atoms with van der Waals surface area (Å²) >= 11 is 0. The van der Waals surface area contributed by atoms with Crippen molar-refractivity contribution in [1.29, 1.82) is 0 Å². The van der Waals surface area contributed by atoms with Gasteiger partial charge in [0.05, 0.1) is 6.04 Å². The van der Waals surface area contributed by atoms with E-state index < -0.39 is 0 Å². The smallest absolute Gasteiger partial charge is 0.0656 e. The van der Waals surface area contributed by atoms with Crippen LogP contribution in [-0.2, 0) is 0 Å². The monoisotopic (exact) mass is 262 g/mol. The molecule has 0 aliphatic carbocycles. The molecule has 2 heterocycles. The average molecular weight is 262 g/mol. The van der Waals surface area contributed by atoms with Crippen molar-refractivity contribution in [2.24, 2.45) is 5.84 Å². The normalized spacial score (nSPS) is 19.4. The molecule has 4 heteroatoms. The van der Waals surface area contributed by atoms with Gasteiger partial charge in [0.15, 0.2) is 0 Å². The number of hydrogen-bond acceptors (Lipinski definition) is 4. The fourth-order valence-corrected chi connectivity index (χ4v) is 3.11. The molecule has 0 saturated carbocycles. The Morgan fingerprint density at radius 1 is 1.32 bits per heavy atom. The van der Waals surface area contributed by atoms with Crippen molar-refractivity contribution in [2.75, 3.05) is 13.1 Å². The molecule has 1 unspecified atom stereocenters. The van der Waals surface area contributed by atoms with Crippen molar-refractivity contribution < 1.29 is 0 Å². The van der Waals surface area contributed by atoms with Crippen LogP contribution in [0.1, 0.15) is 50.3 Å². The molecular formula is C15H26N4. The highest BCUT2D eigenvalue weighted by molar-refractivity contribution is 5.28. The van der Waals surface area contributed by atoms with Gasteiger partial charge in [-0.15, -0.1) is 0 Å². The first-order valence-corrected chi connectivity index (χ1v) is 7.19. The zero-order valence-electron chi connectivity index (χ0n) is 12.3. The number of nitrogens with two attached hydrogens (primary N) is 1. The Morgan fingerprint density at radius 3 is 2.58 bits per heavy atom. The number of aryl methyl sites for hydroxylation is 1. The van der Waals surface area contributed by atoms with Gasteiger partial charge in [-0.1, -0.05) is 6.42 Å². The van der Waals surface area contributed by atoms with E-state index in [1.807, 2.05) is 18.5 Å². The van der Waals surface area contributed by atoms with Gasteiger partial charge in [-0.25, -0.2) is 0 Å². The molecule has 0 bridgehead atoms. The number of hydrogen-bond donors (Lipinski definition) is 2. The summed E-state index contributed by atoms with van der Waals surface area (Å²) in [6.07, 6.45) is 7.69. The summed E-state index contributed by atoms with van der Waals surface area (Å²) in [5.74, 6) is 5.86. The number of piperidine rings is 1. The van der Waals surface area contributed by atoms with Gasteiger partial charge in [0, 0.05) is 17.9 Å². The average Bonchev–Trinajstić information content (AvgIpc) is 2.42. The number of aromatic nitrogens is 1. The molecule has 1 aromatic heterocycles. The van der Waals surface area contributed by atoms with Crippen LogP contribution >= 0.6 is 0 Å². The molecule has 0 amide bonds. The number of nitrogens with one attached hydrogen (secondary N) is 1. The standard InChI is InChI=1S/C15H26N4/c1-12-7-8-17-11-13(12)14(18-16)15(2,3)19-9-5-4-6-10-19/h7-8,11,14,18H,4-6,9-10,16H2,1-3H3. The maximum Gasteiger partial charge on any atom is 0.0656 e. The highest BCUT2D eigenvalue weighted by Crippen LogP contribution is 2.33. The van der Waals surface area contributed by atoms with E-state index in [4.69, 9.17) is 5.84 Å². The molecule has 1 fully saturated rings. The van der Waals surface area contributed by atoms with Crippen LogP contribution in [0.2, 0.25) is 0 Å². The van der Waals surface area contributed by atoms with Crippen LogP contribution < -0.4 is 11.3 Å². The first-order valence-electron chi connectivity index (χ1n) is 7.19. The molecule has 0 aromatic carbocycles. The Hall–Kier alpha value is -0.970. The van der Waals surface area contributed by atoms with Crippen LogP contribution in [0.4, 0.5) is 0 Å². The molecule has 4 nitrogen and oxygen atoms in total. The summed E-state index contributed by atoms with van der Waals surface area (Å²) in [5, 5.41) is 0. The molecule has 1 atom stereocenters. The number of likely N-dealkylation sites (tertiary alicyclic amines) is 1. The lowest BCUT2D eigenvalue weighted by Crippen LogP contribution is -2.55. The van der Waals surface area contributed by atoms with E-state index >= 15 is 0 Å². The molecule has 0 spiro atoms. The molecule has 2 rings (SSSR count). The van der Waals surface area contributed by atoms with E-state index in [-0.39, 0.29) is 11.6 Å². The predicted octanol–water partition coefficient (Wildman–Crippen LogP) is 2.16. The quantitative estimate of drug-likeness (QED) is 0.645. The number of rotatable bonds is 4. The maximum atomic E-state index is 5.86. The van der Waals surface area contributed by atoms with Crippen molar-refractivity contribution in [3.63, 3.8) is 0 Å². The fraction of sp³-hybridized carbons (Fsp3) is 0.667. The highest BCUT2D eigenvalue weighted by atomic mass is 15.3. The molecule has 3 N–H and O–H groups in total. The summed E-state index contributed by atoms with van der Waals surface area (Å²) in [6.45, 7) is 8.98. The molecular weight excluding hydrogens is 236 g/mol. The summed E-state index contributed by atoms with van der Waals surface area (Å²) < 4.78 is 0. The van der Waals surface area contributed by atoms with Crippen molar-refractivity contribution >= 4 is 0 Å². The third-order valence-corrected chi connectivity index (χ3v) is 4.43. The molecule has 106 valence electrons. The first-order chi connectivity index (χ1) is 9.07. The summed E-state index contributed by atoms with van der Waals surface area (Å²) in [7, 11) is 0. The van der Waals surface area contributed by atoms with E-state index in [1.165, 1.54) is 30.4 Å². The van der Waals surface area contributed by atoms with E-state index in [0.29, 0.717) is 0 Å². The van der Waals surface area contributed by atoms with Gasteiger partial charge in [0.25, 0.3) is 0 Å². The Kier molecular flexibility index (Phi) is 4.55. The molecule has 1 aliphatic rings. The Bertz CT molecular complexity index is 410. The zero-order valence-corrected chi connectivity index (χ0v) is 12.3. The minimum absolute atomic E-state index is 0.0109. The van der Waals surface area contributed by atoms with Gasteiger partial charge in [0.1, 0.15) is 0 Å². The number of pyridine rings is 1. The lowest BCUT2D eigenvalue weighted by Gasteiger charge is -2.46. The first kappa shape index (κ1) is 14.4. The van der Waals surface area contributed by atoms with E-state index in [2.05, 4.69) is 36.1 Å². The maximum absolute atomic E-state index is 5.86. The van der Waals surface area contributed by atoms with E-state index in [9.17, 15) is 0 Å². The van der Waals surface area contributed by atoms with Crippen LogP contribution in [0, 0.1) is 6.92 Å². The topological polar surface area (TPSA) is 54.2 Å². The lowest BCUT2D eigenvalue weighted by molar-refractivity contribution is 0.0605. The van der Waals surface area contributed by atoms with Crippen LogP contribution in [0.3, 0.4) is 0 Å². The lowest BCUT2D eigenvalue weighted by atomic mass is 9.85. The molecule has 1 aliphatic heterocycles. The van der Waals surface area contributed by atoms with Crippen LogP contribution in [0.5, 0.6) is 0 Å². The highest BCUT2D eigenvalue weighted by Gasteiger charge is 2.37. The van der Waals surface area contributed by atoms with Crippen molar-refractivity contribution in [2.45, 2.75) is 51.6 Å². The Labute approximate surface area is 116 Å². The Balaban J connectivity index is 2.27. The van der Waals surface area contributed by atoms with E-state index in [1.54, 1.807) is 0 Å². The van der Waals surface area contributed by atoms with Crippen LogP contribution in [-0.4, -0.2) is 28.5 Å². The van der Waals surface area contributed by atoms with Crippen molar-refractivity contribution in [1.82, 2.24) is 15.3 Å². The summed E-state index contributed by atoms with van der Waals surface area (Å²) in [6, 6.07) is 2.14. The van der Waals surface area contributed by atoms with Crippen molar-refractivity contribution in [3.8, 4) is 0 Å².